The van der Waals surface area contributed by atoms with Crippen LogP contribution in [0.5, 0.6) is 0 Å². The van der Waals surface area contributed by atoms with E-state index in [2.05, 4.69) is 4.72 Å². The predicted molar refractivity (Wildman–Crippen MR) is 63.7 cm³/mol. The summed E-state index contributed by atoms with van der Waals surface area (Å²) in [5.74, 6) is 0. The van der Waals surface area contributed by atoms with Crippen molar-refractivity contribution in [2.45, 2.75) is 37.1 Å². The zero-order valence-electron chi connectivity index (χ0n) is 9.02. The number of alkyl halides is 1. The molecule has 1 N–H and O–H groups in total. The highest BCUT2D eigenvalue weighted by molar-refractivity contribution is 8.06. The average Bonchev–Trinajstić information content (AvgIpc) is 2.04. The highest BCUT2D eigenvalue weighted by Gasteiger charge is 2.25. The molecule has 0 aromatic carbocycles. The van der Waals surface area contributed by atoms with Crippen LogP contribution in [0.2, 0.25) is 0 Å². The van der Waals surface area contributed by atoms with Gasteiger partial charge in [-0.15, -0.1) is 11.6 Å². The van der Waals surface area contributed by atoms with Gasteiger partial charge in [0.25, 0.3) is 0 Å². The summed E-state index contributed by atoms with van der Waals surface area (Å²) in [6.45, 7) is 0. The third-order valence-electron chi connectivity index (χ3n) is 2.37. The summed E-state index contributed by atoms with van der Waals surface area (Å²) in [5.41, 5.74) is 0. The van der Waals surface area contributed by atoms with E-state index in [1.54, 1.807) is 0 Å². The number of halogens is 1. The molecule has 1 rings (SSSR count). The summed E-state index contributed by atoms with van der Waals surface area (Å²) >= 11 is 5.89. The molecule has 1 aliphatic carbocycles. The smallest absolute Gasteiger partial charge is 0.226 e. The summed E-state index contributed by atoms with van der Waals surface area (Å²) in [5, 5.41) is -0.739. The van der Waals surface area contributed by atoms with Crippen molar-refractivity contribution < 1.29 is 16.8 Å². The normalized spacial score (nSPS) is 27.9. The first kappa shape index (κ1) is 14.2. The Hall–Kier alpha value is 0.150. The van der Waals surface area contributed by atoms with E-state index in [9.17, 15) is 16.8 Å². The number of sulfone groups is 1. The Kier molecular flexibility index (Phi) is 4.62. The van der Waals surface area contributed by atoms with Gasteiger partial charge >= 0.3 is 0 Å². The van der Waals surface area contributed by atoms with E-state index in [0.29, 0.717) is 12.8 Å². The van der Waals surface area contributed by atoms with Crippen molar-refractivity contribution in [2.24, 2.45) is 0 Å². The summed E-state index contributed by atoms with van der Waals surface area (Å²) in [4.78, 5) is 0. The quantitative estimate of drug-likeness (QED) is 0.763. The molecule has 0 bridgehead atoms. The van der Waals surface area contributed by atoms with Crippen LogP contribution in [-0.2, 0) is 19.9 Å². The SMILES string of the molecule is CS(=O)(=O)CS(=O)(=O)NC1CCC(Cl)CC1. The Morgan fingerprint density at radius 2 is 1.62 bits per heavy atom. The molecular weight excluding hydrogens is 274 g/mol. The minimum absolute atomic E-state index is 0.107. The fraction of sp³-hybridized carbons (Fsp3) is 1.00. The maximum Gasteiger partial charge on any atom is 0.226 e. The maximum absolute atomic E-state index is 11.5. The Labute approximate surface area is 102 Å². The van der Waals surface area contributed by atoms with Gasteiger partial charge in [-0.25, -0.2) is 21.6 Å². The van der Waals surface area contributed by atoms with Crippen LogP contribution in [0.4, 0.5) is 0 Å². The highest BCUT2D eigenvalue weighted by Crippen LogP contribution is 2.23. The lowest BCUT2D eigenvalue weighted by atomic mass is 9.96. The first-order valence-electron chi connectivity index (χ1n) is 5.00. The van der Waals surface area contributed by atoms with Crippen LogP contribution < -0.4 is 4.72 Å². The molecule has 0 aromatic rings. The lowest BCUT2D eigenvalue weighted by Crippen LogP contribution is -2.40. The summed E-state index contributed by atoms with van der Waals surface area (Å²) < 4.78 is 47.2. The Balaban J connectivity index is 2.54. The summed E-state index contributed by atoms with van der Waals surface area (Å²) in [6, 6.07) is -0.179. The lowest BCUT2D eigenvalue weighted by Gasteiger charge is -2.25. The van der Waals surface area contributed by atoms with Crippen molar-refractivity contribution in [3.63, 3.8) is 0 Å². The minimum atomic E-state index is -3.74. The van der Waals surface area contributed by atoms with Gasteiger partial charge in [0, 0.05) is 17.7 Å². The first-order valence-corrected chi connectivity index (χ1v) is 9.15. The van der Waals surface area contributed by atoms with Crippen molar-refractivity contribution in [1.82, 2.24) is 4.72 Å². The minimum Gasteiger partial charge on any atom is -0.228 e. The second-order valence-corrected chi connectivity index (χ2v) is 9.10. The van der Waals surface area contributed by atoms with Crippen molar-refractivity contribution in [3.8, 4) is 0 Å². The molecule has 0 radical (unpaired) electrons. The monoisotopic (exact) mass is 289 g/mol. The molecule has 0 atom stereocenters. The predicted octanol–water partition coefficient (Wildman–Crippen LogP) is 0.458. The molecule has 96 valence electrons. The molecule has 1 aliphatic rings. The van der Waals surface area contributed by atoms with Gasteiger partial charge in [-0.1, -0.05) is 0 Å². The number of hydrogen-bond donors (Lipinski definition) is 1. The van der Waals surface area contributed by atoms with Crippen molar-refractivity contribution in [1.29, 1.82) is 0 Å². The van der Waals surface area contributed by atoms with E-state index >= 15 is 0 Å². The molecule has 0 heterocycles. The standard InChI is InChI=1S/C8H16ClNO4S2/c1-15(11,12)6-16(13,14)10-8-4-2-7(9)3-5-8/h7-8,10H,2-6H2,1H3. The molecule has 16 heavy (non-hydrogen) atoms. The van der Waals surface area contributed by atoms with Gasteiger partial charge in [0.1, 0.15) is 0 Å². The van der Waals surface area contributed by atoms with Gasteiger partial charge in [-0.05, 0) is 25.7 Å². The fourth-order valence-electron chi connectivity index (χ4n) is 1.74. The second-order valence-electron chi connectivity index (χ2n) is 4.23. The van der Waals surface area contributed by atoms with Crippen LogP contribution in [0.25, 0.3) is 0 Å². The molecular formula is C8H16ClNO4S2. The van der Waals surface area contributed by atoms with Crippen LogP contribution in [0.1, 0.15) is 25.7 Å². The zero-order chi connectivity index (χ0) is 12.4. The molecule has 0 saturated heterocycles. The third kappa shape index (κ3) is 5.47. The van der Waals surface area contributed by atoms with Gasteiger partial charge in [-0.2, -0.15) is 0 Å². The Bertz CT molecular complexity index is 423. The maximum atomic E-state index is 11.5. The van der Waals surface area contributed by atoms with E-state index < -0.39 is 24.9 Å². The van der Waals surface area contributed by atoms with Crippen LogP contribution in [-0.4, -0.2) is 39.6 Å². The molecule has 1 saturated carbocycles. The van der Waals surface area contributed by atoms with E-state index in [1.165, 1.54) is 0 Å². The number of rotatable bonds is 4. The van der Waals surface area contributed by atoms with Crippen molar-refractivity contribution >= 4 is 31.5 Å². The van der Waals surface area contributed by atoms with E-state index in [4.69, 9.17) is 11.6 Å². The second kappa shape index (κ2) is 5.20. The molecule has 0 spiro atoms. The fourth-order valence-corrected chi connectivity index (χ4v) is 5.26. The summed E-state index contributed by atoms with van der Waals surface area (Å²) in [7, 11) is -7.26. The van der Waals surface area contributed by atoms with Gasteiger partial charge in [0.05, 0.1) is 0 Å². The van der Waals surface area contributed by atoms with E-state index in [0.717, 1.165) is 19.1 Å². The van der Waals surface area contributed by atoms with Crippen LogP contribution in [0.3, 0.4) is 0 Å². The molecule has 0 aromatic heterocycles. The molecule has 5 nitrogen and oxygen atoms in total. The van der Waals surface area contributed by atoms with Crippen LogP contribution in [0, 0.1) is 0 Å². The molecule has 8 heteroatoms. The van der Waals surface area contributed by atoms with E-state index in [-0.39, 0.29) is 11.4 Å². The van der Waals surface area contributed by atoms with Gasteiger partial charge in [-0.3, -0.25) is 0 Å². The van der Waals surface area contributed by atoms with Crippen LogP contribution >= 0.6 is 11.6 Å². The van der Waals surface area contributed by atoms with Crippen LogP contribution in [0.15, 0.2) is 0 Å². The van der Waals surface area contributed by atoms with Crippen molar-refractivity contribution in [3.05, 3.63) is 0 Å². The Morgan fingerprint density at radius 1 is 1.12 bits per heavy atom. The van der Waals surface area contributed by atoms with E-state index in [1.807, 2.05) is 0 Å². The summed E-state index contributed by atoms with van der Waals surface area (Å²) in [6.07, 6.45) is 3.75. The molecule has 0 unspecified atom stereocenters. The lowest BCUT2D eigenvalue weighted by molar-refractivity contribution is 0.417. The zero-order valence-corrected chi connectivity index (χ0v) is 11.4. The number of sulfonamides is 1. The van der Waals surface area contributed by atoms with Gasteiger partial charge in [0.2, 0.25) is 10.0 Å². The molecule has 0 amide bonds. The third-order valence-corrected chi connectivity index (χ3v) is 6.45. The molecule has 0 aliphatic heterocycles. The molecule has 1 fully saturated rings. The number of hydrogen-bond acceptors (Lipinski definition) is 4. The number of nitrogens with one attached hydrogen (secondary N) is 1. The average molecular weight is 290 g/mol. The largest absolute Gasteiger partial charge is 0.228 e. The topological polar surface area (TPSA) is 80.3 Å². The van der Waals surface area contributed by atoms with Crippen molar-refractivity contribution in [2.75, 3.05) is 11.3 Å². The first-order chi connectivity index (χ1) is 7.18. The van der Waals surface area contributed by atoms with Gasteiger partial charge in [0.15, 0.2) is 14.9 Å². The van der Waals surface area contributed by atoms with Gasteiger partial charge < -0.3 is 0 Å². The Morgan fingerprint density at radius 3 is 2.06 bits per heavy atom. The highest BCUT2D eigenvalue weighted by atomic mass is 35.5.